The maximum absolute atomic E-state index is 13.0. The van der Waals surface area contributed by atoms with Crippen molar-refractivity contribution in [3.8, 4) is 0 Å². The van der Waals surface area contributed by atoms with Crippen molar-refractivity contribution in [1.29, 1.82) is 0 Å². The van der Waals surface area contributed by atoms with Crippen molar-refractivity contribution in [3.63, 3.8) is 0 Å². The third kappa shape index (κ3) is 6.09. The first-order chi connectivity index (χ1) is 13.3. The summed E-state index contributed by atoms with van der Waals surface area (Å²) < 4.78 is 1.77. The number of rotatable bonds is 9. The van der Waals surface area contributed by atoms with Gasteiger partial charge in [0.1, 0.15) is 5.25 Å². The maximum atomic E-state index is 13.0. The molecular weight excluding hydrogens is 394 g/mol. The van der Waals surface area contributed by atoms with Crippen molar-refractivity contribution in [2.75, 3.05) is 11.1 Å². The fraction of sp³-hybridized carbons (Fsp3) is 0.250. The minimum Gasteiger partial charge on any atom is -0.325 e. The Morgan fingerprint density at radius 2 is 1.70 bits per heavy atom. The molecule has 7 heteroatoms. The minimum absolute atomic E-state index is 0.0622. The number of anilines is 1. The zero-order chi connectivity index (χ0) is 18.9. The van der Waals surface area contributed by atoms with Gasteiger partial charge in [-0.2, -0.15) is 0 Å². The SMILES string of the molecule is CCCCSc1nnc(SC(C(=O)Nc2ccccc2)c2ccccc2)s1. The number of carbonyl (C=O) groups is 1. The molecule has 4 nitrogen and oxygen atoms in total. The van der Waals surface area contributed by atoms with E-state index in [1.165, 1.54) is 24.6 Å². The van der Waals surface area contributed by atoms with Crippen LogP contribution < -0.4 is 5.32 Å². The summed E-state index contributed by atoms with van der Waals surface area (Å²) in [5, 5.41) is 11.2. The molecule has 0 aliphatic heterocycles. The lowest BCUT2D eigenvalue weighted by molar-refractivity contribution is -0.115. The van der Waals surface area contributed by atoms with Crippen LogP contribution in [0.1, 0.15) is 30.6 Å². The van der Waals surface area contributed by atoms with E-state index in [-0.39, 0.29) is 11.2 Å². The molecule has 1 atom stereocenters. The van der Waals surface area contributed by atoms with Crippen LogP contribution >= 0.6 is 34.9 Å². The van der Waals surface area contributed by atoms with E-state index in [2.05, 4.69) is 22.4 Å². The zero-order valence-corrected chi connectivity index (χ0v) is 17.4. The number of hydrogen-bond acceptors (Lipinski definition) is 6. The fourth-order valence-electron chi connectivity index (χ4n) is 2.34. The van der Waals surface area contributed by atoms with Gasteiger partial charge in [-0.3, -0.25) is 4.79 Å². The average Bonchev–Trinajstić information content (AvgIpc) is 3.15. The Bertz CT molecular complexity index is 840. The molecule has 3 rings (SSSR count). The first kappa shape index (κ1) is 19.9. The van der Waals surface area contributed by atoms with Crippen molar-refractivity contribution in [3.05, 3.63) is 66.2 Å². The highest BCUT2D eigenvalue weighted by Gasteiger charge is 2.24. The van der Waals surface area contributed by atoms with E-state index in [9.17, 15) is 4.79 Å². The highest BCUT2D eigenvalue weighted by Crippen LogP contribution is 2.39. The van der Waals surface area contributed by atoms with Gasteiger partial charge in [0, 0.05) is 11.4 Å². The molecule has 27 heavy (non-hydrogen) atoms. The van der Waals surface area contributed by atoms with Crippen LogP contribution in [-0.2, 0) is 4.79 Å². The molecular formula is C20H21N3OS3. The Morgan fingerprint density at radius 1 is 1.04 bits per heavy atom. The van der Waals surface area contributed by atoms with Gasteiger partial charge >= 0.3 is 0 Å². The summed E-state index contributed by atoms with van der Waals surface area (Å²) in [6.45, 7) is 2.18. The van der Waals surface area contributed by atoms with E-state index < -0.39 is 0 Å². The number of carbonyl (C=O) groups excluding carboxylic acids is 1. The second kappa shape index (κ2) is 10.5. The van der Waals surface area contributed by atoms with Crippen molar-refractivity contribution in [1.82, 2.24) is 10.2 Å². The molecule has 0 bridgehead atoms. The summed E-state index contributed by atoms with van der Waals surface area (Å²) in [6.07, 6.45) is 2.34. The monoisotopic (exact) mass is 415 g/mol. The van der Waals surface area contributed by atoms with Gasteiger partial charge in [0.05, 0.1) is 0 Å². The third-order valence-electron chi connectivity index (χ3n) is 3.71. The highest BCUT2D eigenvalue weighted by atomic mass is 32.2. The molecule has 0 aliphatic rings. The van der Waals surface area contributed by atoms with Crippen molar-refractivity contribution in [2.45, 2.75) is 33.7 Å². The lowest BCUT2D eigenvalue weighted by atomic mass is 10.1. The normalized spacial score (nSPS) is 11.9. The molecule has 0 saturated heterocycles. The summed E-state index contributed by atoms with van der Waals surface area (Å²) in [6, 6.07) is 19.3. The molecule has 0 fully saturated rings. The molecule has 0 saturated carbocycles. The predicted octanol–water partition coefficient (Wildman–Crippen LogP) is 5.90. The molecule has 1 heterocycles. The number of nitrogens with zero attached hydrogens (tertiary/aromatic N) is 2. The van der Waals surface area contributed by atoms with Gasteiger partial charge in [-0.1, -0.05) is 96.7 Å². The summed E-state index contributed by atoms with van der Waals surface area (Å²) in [5.74, 6) is 0.986. The van der Waals surface area contributed by atoms with Gasteiger partial charge in [0.25, 0.3) is 0 Å². The van der Waals surface area contributed by atoms with Crippen LogP contribution in [0.3, 0.4) is 0 Å². The van der Waals surface area contributed by atoms with E-state index in [4.69, 9.17) is 0 Å². The number of nitrogens with one attached hydrogen (secondary N) is 1. The molecule has 1 unspecified atom stereocenters. The molecule has 1 aromatic heterocycles. The van der Waals surface area contributed by atoms with Crippen molar-refractivity contribution >= 4 is 46.5 Å². The van der Waals surface area contributed by atoms with Gasteiger partial charge in [0.15, 0.2) is 8.68 Å². The van der Waals surface area contributed by atoms with E-state index in [1.807, 2.05) is 60.7 Å². The molecule has 0 aliphatic carbocycles. The number of thioether (sulfide) groups is 2. The van der Waals surface area contributed by atoms with Crippen molar-refractivity contribution in [2.24, 2.45) is 0 Å². The van der Waals surface area contributed by atoms with Crippen LogP contribution in [0, 0.1) is 0 Å². The Balaban J connectivity index is 1.74. The molecule has 0 radical (unpaired) electrons. The summed E-state index contributed by atoms with van der Waals surface area (Å²) in [5.41, 5.74) is 1.74. The van der Waals surface area contributed by atoms with Crippen LogP contribution in [0.2, 0.25) is 0 Å². The second-order valence-electron chi connectivity index (χ2n) is 5.80. The molecule has 3 aromatic rings. The fourth-order valence-corrected chi connectivity index (χ4v) is 5.70. The number of aromatic nitrogens is 2. The van der Waals surface area contributed by atoms with E-state index in [1.54, 1.807) is 23.1 Å². The van der Waals surface area contributed by atoms with Crippen LogP contribution in [0.15, 0.2) is 69.3 Å². The van der Waals surface area contributed by atoms with Crippen LogP contribution in [-0.4, -0.2) is 21.9 Å². The van der Waals surface area contributed by atoms with E-state index in [0.29, 0.717) is 0 Å². The Kier molecular flexibility index (Phi) is 7.74. The minimum atomic E-state index is -0.382. The van der Waals surface area contributed by atoms with Crippen LogP contribution in [0.5, 0.6) is 0 Å². The standard InChI is InChI=1S/C20H21N3OS3/c1-2-3-14-25-19-22-23-20(27-19)26-17(15-10-6-4-7-11-15)18(24)21-16-12-8-5-9-13-16/h4-13,17H,2-3,14H2,1H3,(H,21,24). The molecule has 2 aromatic carbocycles. The predicted molar refractivity (Wildman–Crippen MR) is 116 cm³/mol. The first-order valence-corrected chi connectivity index (χ1v) is 11.5. The van der Waals surface area contributed by atoms with Gasteiger partial charge in [-0.15, -0.1) is 10.2 Å². The smallest absolute Gasteiger partial charge is 0.242 e. The Morgan fingerprint density at radius 3 is 2.41 bits per heavy atom. The van der Waals surface area contributed by atoms with E-state index >= 15 is 0 Å². The number of amides is 1. The topological polar surface area (TPSA) is 54.9 Å². The number of unbranched alkanes of at least 4 members (excludes halogenated alkanes) is 1. The van der Waals surface area contributed by atoms with Gasteiger partial charge in [-0.05, 0) is 24.1 Å². The number of para-hydroxylation sites is 1. The van der Waals surface area contributed by atoms with Crippen molar-refractivity contribution < 1.29 is 4.79 Å². The molecule has 1 N–H and O–H groups in total. The Hall–Kier alpha value is -1.83. The van der Waals surface area contributed by atoms with Crippen LogP contribution in [0.4, 0.5) is 5.69 Å². The summed E-state index contributed by atoms with van der Waals surface area (Å²) in [4.78, 5) is 13.0. The lowest BCUT2D eigenvalue weighted by Gasteiger charge is -2.15. The lowest BCUT2D eigenvalue weighted by Crippen LogP contribution is -2.18. The average molecular weight is 416 g/mol. The number of benzene rings is 2. The first-order valence-electron chi connectivity index (χ1n) is 8.80. The van der Waals surface area contributed by atoms with Crippen LogP contribution in [0.25, 0.3) is 0 Å². The summed E-state index contributed by atoms with van der Waals surface area (Å²) >= 11 is 4.73. The van der Waals surface area contributed by atoms with Gasteiger partial charge < -0.3 is 5.32 Å². The molecule has 0 spiro atoms. The molecule has 1 amide bonds. The highest BCUT2D eigenvalue weighted by molar-refractivity contribution is 8.03. The maximum Gasteiger partial charge on any atom is 0.242 e. The second-order valence-corrected chi connectivity index (χ2v) is 9.47. The third-order valence-corrected chi connectivity index (χ3v) is 7.19. The number of hydrogen-bond donors (Lipinski definition) is 1. The summed E-state index contributed by atoms with van der Waals surface area (Å²) in [7, 11) is 0. The quantitative estimate of drug-likeness (QED) is 0.348. The zero-order valence-electron chi connectivity index (χ0n) is 15.0. The Labute approximate surface area is 172 Å². The van der Waals surface area contributed by atoms with E-state index in [0.717, 1.165) is 25.7 Å². The largest absolute Gasteiger partial charge is 0.325 e. The van der Waals surface area contributed by atoms with Gasteiger partial charge in [0.2, 0.25) is 5.91 Å². The van der Waals surface area contributed by atoms with Gasteiger partial charge in [-0.25, -0.2) is 0 Å². The molecule has 140 valence electrons.